The molecule has 0 unspecified atom stereocenters. The van der Waals surface area contributed by atoms with Gasteiger partial charge < -0.3 is 14.5 Å². The highest BCUT2D eigenvalue weighted by molar-refractivity contribution is 7.13. The average Bonchev–Trinajstić information content (AvgIpc) is 3.12. The monoisotopic (exact) mass is 345 g/mol. The van der Waals surface area contributed by atoms with Crippen molar-refractivity contribution in [1.82, 2.24) is 14.8 Å². The van der Waals surface area contributed by atoms with Crippen LogP contribution in [0.15, 0.2) is 35.8 Å². The van der Waals surface area contributed by atoms with E-state index in [1.807, 2.05) is 30.3 Å². The Bertz CT molecular complexity index is 709. The molecule has 1 saturated heterocycles. The van der Waals surface area contributed by atoms with Gasteiger partial charge in [-0.25, -0.2) is 9.78 Å². The van der Waals surface area contributed by atoms with Crippen LogP contribution in [0.1, 0.15) is 17.4 Å². The zero-order valence-electron chi connectivity index (χ0n) is 13.5. The van der Waals surface area contributed by atoms with Gasteiger partial charge in [-0.15, -0.1) is 11.3 Å². The molecule has 1 aromatic carbocycles. The lowest BCUT2D eigenvalue weighted by Crippen LogP contribution is -2.50. The quantitative estimate of drug-likeness (QED) is 0.858. The lowest BCUT2D eigenvalue weighted by Gasteiger charge is -2.33. The first-order valence-corrected chi connectivity index (χ1v) is 8.78. The van der Waals surface area contributed by atoms with E-state index in [0.717, 1.165) is 10.4 Å². The number of benzene rings is 1. The van der Waals surface area contributed by atoms with Gasteiger partial charge in [0.2, 0.25) is 0 Å². The molecule has 2 amide bonds. The molecule has 0 radical (unpaired) electrons. The van der Waals surface area contributed by atoms with Crippen LogP contribution in [0, 0.1) is 0 Å². The minimum atomic E-state index is -0.316. The summed E-state index contributed by atoms with van der Waals surface area (Å²) >= 11 is 1.46. The number of piperazine rings is 1. The predicted octanol–water partition coefficient (Wildman–Crippen LogP) is 2.72. The van der Waals surface area contributed by atoms with Gasteiger partial charge in [-0.3, -0.25) is 4.79 Å². The number of hydrogen-bond acceptors (Lipinski definition) is 5. The number of amides is 2. The Balaban J connectivity index is 1.69. The lowest BCUT2D eigenvalue weighted by atomic mass is 10.1. The average molecular weight is 345 g/mol. The van der Waals surface area contributed by atoms with Gasteiger partial charge in [-0.2, -0.15) is 0 Å². The summed E-state index contributed by atoms with van der Waals surface area (Å²) in [6.07, 6.45) is -0.316. The number of ether oxygens (including phenoxy) is 1. The molecule has 126 valence electrons. The van der Waals surface area contributed by atoms with Crippen molar-refractivity contribution in [1.29, 1.82) is 0 Å². The van der Waals surface area contributed by atoms with Crippen molar-refractivity contribution in [2.45, 2.75) is 6.92 Å². The maximum Gasteiger partial charge on any atom is 0.409 e. The topological polar surface area (TPSA) is 62.7 Å². The van der Waals surface area contributed by atoms with E-state index in [9.17, 15) is 9.59 Å². The number of rotatable bonds is 3. The van der Waals surface area contributed by atoms with E-state index < -0.39 is 0 Å². The fourth-order valence-corrected chi connectivity index (χ4v) is 3.44. The van der Waals surface area contributed by atoms with Gasteiger partial charge in [0.25, 0.3) is 5.91 Å². The zero-order chi connectivity index (χ0) is 16.9. The van der Waals surface area contributed by atoms with Crippen LogP contribution in [-0.4, -0.2) is 59.6 Å². The van der Waals surface area contributed by atoms with Crippen molar-refractivity contribution >= 4 is 23.3 Å². The van der Waals surface area contributed by atoms with Gasteiger partial charge in [0.1, 0.15) is 5.69 Å². The molecule has 0 N–H and O–H groups in total. The maximum atomic E-state index is 12.8. The van der Waals surface area contributed by atoms with Crippen LogP contribution in [0.2, 0.25) is 0 Å². The summed E-state index contributed by atoms with van der Waals surface area (Å²) in [6.45, 7) is 4.08. The molecule has 0 saturated carbocycles. The summed E-state index contributed by atoms with van der Waals surface area (Å²) in [5.41, 5.74) is 3.18. The van der Waals surface area contributed by atoms with Crippen molar-refractivity contribution < 1.29 is 14.3 Å². The molecular weight excluding hydrogens is 326 g/mol. The first kappa shape index (κ1) is 16.4. The van der Waals surface area contributed by atoms with Crippen LogP contribution in [-0.2, 0) is 4.74 Å². The minimum Gasteiger partial charge on any atom is -0.450 e. The third-order valence-corrected chi connectivity index (χ3v) is 4.77. The van der Waals surface area contributed by atoms with E-state index in [4.69, 9.17) is 4.74 Å². The molecule has 0 bridgehead atoms. The fourth-order valence-electron chi connectivity index (χ4n) is 2.65. The first-order chi connectivity index (χ1) is 11.7. The van der Waals surface area contributed by atoms with Crippen molar-refractivity contribution in [2.75, 3.05) is 32.8 Å². The Morgan fingerprint density at radius 1 is 1.12 bits per heavy atom. The highest BCUT2D eigenvalue weighted by Gasteiger charge is 2.28. The van der Waals surface area contributed by atoms with Gasteiger partial charge in [-0.1, -0.05) is 30.3 Å². The molecule has 2 aromatic rings. The molecule has 0 aliphatic carbocycles. The Hall–Kier alpha value is -2.41. The minimum absolute atomic E-state index is 0.0846. The maximum absolute atomic E-state index is 12.8. The molecule has 7 heteroatoms. The molecule has 0 atom stereocenters. The van der Waals surface area contributed by atoms with E-state index in [-0.39, 0.29) is 12.0 Å². The van der Waals surface area contributed by atoms with Crippen molar-refractivity contribution in [3.05, 3.63) is 41.5 Å². The van der Waals surface area contributed by atoms with Gasteiger partial charge in [0.15, 0.2) is 0 Å². The highest BCUT2D eigenvalue weighted by atomic mass is 32.1. The Kier molecular flexibility index (Phi) is 5.10. The second-order valence-corrected chi connectivity index (χ2v) is 6.23. The third-order valence-electron chi connectivity index (χ3n) is 3.90. The van der Waals surface area contributed by atoms with E-state index in [2.05, 4.69) is 4.98 Å². The van der Waals surface area contributed by atoms with Crippen LogP contribution in [0.25, 0.3) is 10.4 Å². The molecule has 3 rings (SSSR count). The highest BCUT2D eigenvalue weighted by Crippen LogP contribution is 2.28. The van der Waals surface area contributed by atoms with Crippen molar-refractivity contribution in [3.8, 4) is 10.4 Å². The van der Waals surface area contributed by atoms with E-state index in [1.165, 1.54) is 11.3 Å². The van der Waals surface area contributed by atoms with Gasteiger partial charge in [0, 0.05) is 26.2 Å². The molecule has 0 spiro atoms. The fraction of sp³-hybridized carbons (Fsp3) is 0.353. The van der Waals surface area contributed by atoms with Gasteiger partial charge >= 0.3 is 6.09 Å². The Morgan fingerprint density at radius 3 is 2.46 bits per heavy atom. The smallest absolute Gasteiger partial charge is 0.409 e. The number of aromatic nitrogens is 1. The molecule has 6 nitrogen and oxygen atoms in total. The van der Waals surface area contributed by atoms with Crippen LogP contribution in [0.5, 0.6) is 0 Å². The number of hydrogen-bond donors (Lipinski definition) is 0. The largest absolute Gasteiger partial charge is 0.450 e. The van der Waals surface area contributed by atoms with E-state index >= 15 is 0 Å². The van der Waals surface area contributed by atoms with Crippen LogP contribution < -0.4 is 0 Å². The summed E-state index contributed by atoms with van der Waals surface area (Å²) in [6, 6.07) is 9.79. The Labute approximate surface area is 144 Å². The van der Waals surface area contributed by atoms with Gasteiger partial charge in [0.05, 0.1) is 17.0 Å². The van der Waals surface area contributed by atoms with Crippen molar-refractivity contribution in [2.24, 2.45) is 0 Å². The molecule has 1 aromatic heterocycles. The number of carbonyl (C=O) groups excluding carboxylic acids is 2. The molecule has 2 heterocycles. The molecular formula is C17H19N3O3S. The van der Waals surface area contributed by atoms with Crippen LogP contribution in [0.3, 0.4) is 0 Å². The second-order valence-electron chi connectivity index (χ2n) is 5.37. The zero-order valence-corrected chi connectivity index (χ0v) is 14.3. The summed E-state index contributed by atoms with van der Waals surface area (Å²) in [7, 11) is 0. The summed E-state index contributed by atoms with van der Waals surface area (Å²) in [5.74, 6) is -0.0846. The third kappa shape index (κ3) is 3.41. The van der Waals surface area contributed by atoms with E-state index in [1.54, 1.807) is 22.2 Å². The predicted molar refractivity (Wildman–Crippen MR) is 92.0 cm³/mol. The summed E-state index contributed by atoms with van der Waals surface area (Å²) in [5, 5.41) is 0. The van der Waals surface area contributed by atoms with Gasteiger partial charge in [-0.05, 0) is 12.5 Å². The SMILES string of the molecule is CCOC(=O)N1CCN(C(=O)c2ncsc2-c2ccccc2)CC1. The second kappa shape index (κ2) is 7.44. The molecule has 1 aliphatic heterocycles. The lowest BCUT2D eigenvalue weighted by molar-refractivity contribution is 0.0567. The summed E-state index contributed by atoms with van der Waals surface area (Å²) < 4.78 is 5.00. The first-order valence-electron chi connectivity index (χ1n) is 7.90. The molecule has 1 aliphatic rings. The summed E-state index contributed by atoms with van der Waals surface area (Å²) in [4.78, 5) is 33.1. The number of carbonyl (C=O) groups is 2. The molecule has 1 fully saturated rings. The number of nitrogens with zero attached hydrogens (tertiary/aromatic N) is 3. The standard InChI is InChI=1S/C17H19N3O3S/c1-2-23-17(22)20-10-8-19(9-11-20)16(21)14-15(24-12-18-14)13-6-4-3-5-7-13/h3-7,12H,2,8-11H2,1H3. The van der Waals surface area contributed by atoms with E-state index in [0.29, 0.717) is 38.5 Å². The Morgan fingerprint density at radius 2 is 1.79 bits per heavy atom. The van der Waals surface area contributed by atoms with Crippen LogP contribution >= 0.6 is 11.3 Å². The van der Waals surface area contributed by atoms with Crippen LogP contribution in [0.4, 0.5) is 4.79 Å². The number of thiazole rings is 1. The van der Waals surface area contributed by atoms with Crippen molar-refractivity contribution in [3.63, 3.8) is 0 Å². The normalized spacial score (nSPS) is 14.5. The molecule has 24 heavy (non-hydrogen) atoms.